The number of hydrazone groups is 1. The van der Waals surface area contributed by atoms with Crippen LogP contribution in [0.4, 0.5) is 5.69 Å². The number of rotatable bonds is 7. The first-order valence-corrected chi connectivity index (χ1v) is 11.9. The highest BCUT2D eigenvalue weighted by Gasteiger charge is 2.23. The zero-order valence-corrected chi connectivity index (χ0v) is 21.6. The van der Waals surface area contributed by atoms with Gasteiger partial charge in [-0.05, 0) is 35.6 Å². The molecule has 11 heteroatoms. The van der Waals surface area contributed by atoms with Gasteiger partial charge >= 0.3 is 11.9 Å². The van der Waals surface area contributed by atoms with Crippen molar-refractivity contribution in [2.24, 2.45) is 5.10 Å². The third kappa shape index (κ3) is 6.25. The number of nitro groups is 1. The SMILES string of the molecule is CC(=O)Oc1c(/C(C)=N/NC(=O)c2ccc(C(=O)O)c([N+](=O)[O-])c2)csc1-c1ccc(C(C)(C)C)cc1. The van der Waals surface area contributed by atoms with Crippen molar-refractivity contribution in [3.8, 4) is 16.2 Å². The fourth-order valence-electron chi connectivity index (χ4n) is 3.43. The van der Waals surface area contributed by atoms with Gasteiger partial charge in [0, 0.05) is 23.9 Å². The highest BCUT2D eigenvalue weighted by Crippen LogP contribution is 2.40. The van der Waals surface area contributed by atoms with E-state index in [1.54, 1.807) is 12.3 Å². The van der Waals surface area contributed by atoms with Gasteiger partial charge in [0.15, 0.2) is 5.75 Å². The van der Waals surface area contributed by atoms with E-state index in [0.29, 0.717) is 21.9 Å². The maximum absolute atomic E-state index is 12.6. The number of ether oxygens (including phenoxy) is 1. The maximum Gasteiger partial charge on any atom is 0.342 e. The molecule has 192 valence electrons. The average molecular weight is 524 g/mol. The van der Waals surface area contributed by atoms with Crippen LogP contribution < -0.4 is 10.2 Å². The van der Waals surface area contributed by atoms with Crippen LogP contribution in [-0.2, 0) is 10.2 Å². The summed E-state index contributed by atoms with van der Waals surface area (Å²) in [5.41, 5.74) is 3.72. The van der Waals surface area contributed by atoms with Crippen LogP contribution in [0, 0.1) is 10.1 Å². The molecule has 0 saturated carbocycles. The van der Waals surface area contributed by atoms with E-state index in [1.165, 1.54) is 18.3 Å². The van der Waals surface area contributed by atoms with E-state index in [-0.39, 0.29) is 11.0 Å². The molecule has 3 rings (SSSR count). The first-order chi connectivity index (χ1) is 17.3. The largest absolute Gasteiger partial charge is 0.477 e. The van der Waals surface area contributed by atoms with Crippen LogP contribution >= 0.6 is 11.3 Å². The standard InChI is InChI=1S/C26H25N3O7S/c1-14(27-28-24(31)17-8-11-19(25(32)33)21(12-17)29(34)35)20-13-37-23(22(20)36-15(2)30)16-6-9-18(10-7-16)26(3,4)5/h6-13H,1-5H3,(H,28,31)(H,32,33)/b27-14+. The zero-order chi connectivity index (χ0) is 27.5. The number of hydrogen-bond donors (Lipinski definition) is 2. The van der Waals surface area contributed by atoms with Gasteiger partial charge in [0.1, 0.15) is 5.56 Å². The normalized spacial score (nSPS) is 11.6. The molecule has 0 fully saturated rings. The van der Waals surface area contributed by atoms with Crippen LogP contribution in [0.1, 0.15) is 66.5 Å². The average Bonchev–Trinajstić information content (AvgIpc) is 3.24. The van der Waals surface area contributed by atoms with Crippen LogP contribution in [0.15, 0.2) is 52.9 Å². The molecule has 2 N–H and O–H groups in total. The van der Waals surface area contributed by atoms with Crippen molar-refractivity contribution in [2.45, 2.75) is 40.0 Å². The fourth-order valence-corrected chi connectivity index (χ4v) is 4.47. The van der Waals surface area contributed by atoms with Crippen molar-refractivity contribution in [3.05, 3.63) is 80.2 Å². The number of benzene rings is 2. The van der Waals surface area contributed by atoms with Crippen molar-refractivity contribution in [2.75, 3.05) is 0 Å². The van der Waals surface area contributed by atoms with E-state index in [9.17, 15) is 24.5 Å². The Labute approximate surface area is 216 Å². The minimum absolute atomic E-state index is 0.0202. The number of amides is 1. The Balaban J connectivity index is 1.91. The summed E-state index contributed by atoms with van der Waals surface area (Å²) in [5, 5.41) is 26.1. The van der Waals surface area contributed by atoms with E-state index in [0.717, 1.165) is 29.3 Å². The summed E-state index contributed by atoms with van der Waals surface area (Å²) in [6, 6.07) is 10.9. The maximum atomic E-state index is 12.6. The van der Waals surface area contributed by atoms with Crippen LogP contribution in [0.5, 0.6) is 5.75 Å². The molecule has 0 aliphatic carbocycles. The summed E-state index contributed by atoms with van der Waals surface area (Å²) >= 11 is 1.35. The Morgan fingerprint density at radius 3 is 2.24 bits per heavy atom. The number of aromatic carboxylic acids is 1. The third-order valence-corrected chi connectivity index (χ3v) is 6.42. The molecule has 0 aliphatic rings. The Bertz CT molecular complexity index is 1420. The van der Waals surface area contributed by atoms with Crippen LogP contribution in [0.3, 0.4) is 0 Å². The number of esters is 1. The van der Waals surface area contributed by atoms with Gasteiger partial charge in [-0.1, -0.05) is 45.0 Å². The molecule has 0 spiro atoms. The van der Waals surface area contributed by atoms with Gasteiger partial charge in [0.25, 0.3) is 11.6 Å². The minimum Gasteiger partial charge on any atom is -0.477 e. The van der Waals surface area contributed by atoms with Crippen molar-refractivity contribution < 1.29 is 29.2 Å². The van der Waals surface area contributed by atoms with Crippen molar-refractivity contribution >= 4 is 40.6 Å². The summed E-state index contributed by atoms with van der Waals surface area (Å²) in [5.74, 6) is -2.47. The first kappa shape index (κ1) is 27.2. The number of hydrogen-bond acceptors (Lipinski definition) is 8. The Morgan fingerprint density at radius 2 is 1.70 bits per heavy atom. The molecule has 2 aromatic carbocycles. The topological polar surface area (TPSA) is 148 Å². The Morgan fingerprint density at radius 1 is 1.05 bits per heavy atom. The van der Waals surface area contributed by atoms with Gasteiger partial charge in [0.05, 0.1) is 21.1 Å². The second kappa shape index (κ2) is 10.7. The number of carbonyl (C=O) groups excluding carboxylic acids is 2. The number of nitrogens with zero attached hydrogens (tertiary/aromatic N) is 2. The molecule has 1 heterocycles. The summed E-state index contributed by atoms with van der Waals surface area (Å²) in [7, 11) is 0. The minimum atomic E-state index is -1.48. The number of carboxylic acid groups (broad SMARTS) is 1. The monoisotopic (exact) mass is 523 g/mol. The molecule has 1 amide bonds. The van der Waals surface area contributed by atoms with E-state index >= 15 is 0 Å². The molecule has 0 atom stereocenters. The van der Waals surface area contributed by atoms with E-state index in [4.69, 9.17) is 9.84 Å². The van der Waals surface area contributed by atoms with E-state index in [2.05, 4.69) is 31.3 Å². The molecule has 37 heavy (non-hydrogen) atoms. The molecular formula is C26H25N3O7S. The van der Waals surface area contributed by atoms with Gasteiger partial charge in [-0.3, -0.25) is 19.7 Å². The quantitative estimate of drug-likeness (QED) is 0.182. The first-order valence-electron chi connectivity index (χ1n) is 11.1. The number of carbonyl (C=O) groups is 3. The highest BCUT2D eigenvalue weighted by molar-refractivity contribution is 7.14. The second-order valence-electron chi connectivity index (χ2n) is 9.16. The predicted octanol–water partition coefficient (Wildman–Crippen LogP) is 5.40. The molecule has 10 nitrogen and oxygen atoms in total. The lowest BCUT2D eigenvalue weighted by molar-refractivity contribution is -0.385. The zero-order valence-electron chi connectivity index (χ0n) is 20.8. The van der Waals surface area contributed by atoms with Gasteiger partial charge in [-0.15, -0.1) is 11.3 Å². The smallest absolute Gasteiger partial charge is 0.342 e. The number of thiophene rings is 1. The summed E-state index contributed by atoms with van der Waals surface area (Å²) in [4.78, 5) is 46.7. The molecule has 1 aromatic heterocycles. The third-order valence-electron chi connectivity index (χ3n) is 5.41. The van der Waals surface area contributed by atoms with Gasteiger partial charge < -0.3 is 9.84 Å². The summed E-state index contributed by atoms with van der Waals surface area (Å²) < 4.78 is 5.51. The molecular weight excluding hydrogens is 498 g/mol. The van der Waals surface area contributed by atoms with Gasteiger partial charge in [-0.2, -0.15) is 5.10 Å². The summed E-state index contributed by atoms with van der Waals surface area (Å²) in [6.45, 7) is 9.24. The van der Waals surface area contributed by atoms with E-state index in [1.807, 2.05) is 24.3 Å². The van der Waals surface area contributed by atoms with Crippen LogP contribution in [0.25, 0.3) is 10.4 Å². The Kier molecular flexibility index (Phi) is 7.87. The molecule has 3 aromatic rings. The molecule has 0 radical (unpaired) electrons. The van der Waals surface area contributed by atoms with Crippen LogP contribution in [0.2, 0.25) is 0 Å². The van der Waals surface area contributed by atoms with Gasteiger partial charge in [0.2, 0.25) is 0 Å². The van der Waals surface area contributed by atoms with Crippen LogP contribution in [-0.4, -0.2) is 33.6 Å². The van der Waals surface area contributed by atoms with Crippen molar-refractivity contribution in [1.29, 1.82) is 0 Å². The summed E-state index contributed by atoms with van der Waals surface area (Å²) in [6.07, 6.45) is 0. The highest BCUT2D eigenvalue weighted by atomic mass is 32.1. The number of carboxylic acids is 1. The Hall–Kier alpha value is -4.38. The van der Waals surface area contributed by atoms with Crippen molar-refractivity contribution in [1.82, 2.24) is 5.43 Å². The second-order valence-corrected chi connectivity index (χ2v) is 10.0. The van der Waals surface area contributed by atoms with E-state index < -0.39 is 34.0 Å². The lowest BCUT2D eigenvalue weighted by Crippen LogP contribution is -2.20. The predicted molar refractivity (Wildman–Crippen MR) is 139 cm³/mol. The lowest BCUT2D eigenvalue weighted by atomic mass is 9.86. The van der Waals surface area contributed by atoms with Gasteiger partial charge in [-0.25, -0.2) is 10.2 Å². The number of nitro benzene ring substituents is 1. The lowest BCUT2D eigenvalue weighted by Gasteiger charge is -2.19. The molecule has 0 unspecified atom stereocenters. The molecule has 0 aliphatic heterocycles. The molecule has 0 saturated heterocycles. The van der Waals surface area contributed by atoms with Crippen molar-refractivity contribution in [3.63, 3.8) is 0 Å². The number of nitrogens with one attached hydrogen (secondary N) is 1. The fraction of sp³-hybridized carbons (Fsp3) is 0.231. The molecule has 0 bridgehead atoms.